The van der Waals surface area contributed by atoms with Crippen LogP contribution in [0.4, 0.5) is 0 Å². The molecule has 35 heavy (non-hydrogen) atoms. The fourth-order valence-electron chi connectivity index (χ4n) is 4.29. The number of benzene rings is 2. The zero-order chi connectivity index (χ0) is 24.4. The number of amides is 1. The SMILES string of the molecule is C#CCn1c(=NC(=O)c2ccc(S(=O)(=O)N3CCCCCC3)cc2)sc2cc3c(cc21)OCCO3. The minimum atomic E-state index is -3.58. The molecule has 5 rings (SSSR count). The lowest BCUT2D eigenvalue weighted by Crippen LogP contribution is -2.31. The molecule has 1 saturated heterocycles. The van der Waals surface area contributed by atoms with Crippen molar-refractivity contribution in [1.82, 2.24) is 8.87 Å². The predicted octanol–water partition coefficient (Wildman–Crippen LogP) is 3.41. The van der Waals surface area contributed by atoms with Gasteiger partial charge in [0.25, 0.3) is 5.91 Å². The quantitative estimate of drug-likeness (QED) is 0.501. The molecular formula is C25H25N3O5S2. The second-order valence-electron chi connectivity index (χ2n) is 8.40. The van der Waals surface area contributed by atoms with Gasteiger partial charge in [0, 0.05) is 30.8 Å². The van der Waals surface area contributed by atoms with E-state index in [1.54, 1.807) is 4.57 Å². The Hall–Kier alpha value is -3.13. The molecule has 0 spiro atoms. The van der Waals surface area contributed by atoms with Crippen LogP contribution >= 0.6 is 11.3 Å². The van der Waals surface area contributed by atoms with Crippen molar-refractivity contribution in [2.45, 2.75) is 37.1 Å². The van der Waals surface area contributed by atoms with E-state index < -0.39 is 15.9 Å². The van der Waals surface area contributed by atoms with Crippen LogP contribution in [0.5, 0.6) is 11.5 Å². The molecule has 3 aromatic rings. The number of fused-ring (bicyclic) bond motifs is 2. The zero-order valence-electron chi connectivity index (χ0n) is 19.1. The number of hydrogen-bond acceptors (Lipinski definition) is 6. The van der Waals surface area contributed by atoms with E-state index in [4.69, 9.17) is 15.9 Å². The van der Waals surface area contributed by atoms with Gasteiger partial charge in [-0.05, 0) is 37.1 Å². The Morgan fingerprint density at radius 1 is 1.03 bits per heavy atom. The molecule has 0 atom stereocenters. The van der Waals surface area contributed by atoms with Crippen LogP contribution in [-0.2, 0) is 16.6 Å². The van der Waals surface area contributed by atoms with Crippen LogP contribution in [0, 0.1) is 12.3 Å². The van der Waals surface area contributed by atoms with Gasteiger partial charge in [-0.2, -0.15) is 9.30 Å². The summed E-state index contributed by atoms with van der Waals surface area (Å²) < 4.78 is 41.6. The highest BCUT2D eigenvalue weighted by Gasteiger charge is 2.25. The van der Waals surface area contributed by atoms with Gasteiger partial charge in [0.05, 0.1) is 21.7 Å². The molecule has 8 nitrogen and oxygen atoms in total. The summed E-state index contributed by atoms with van der Waals surface area (Å²) in [6, 6.07) is 9.70. The number of carbonyl (C=O) groups is 1. The first-order chi connectivity index (χ1) is 17.0. The fraction of sp³-hybridized carbons (Fsp3) is 0.360. The van der Waals surface area contributed by atoms with Crippen molar-refractivity contribution in [2.24, 2.45) is 4.99 Å². The fourth-order valence-corrected chi connectivity index (χ4v) is 6.84. The molecule has 1 aromatic heterocycles. The summed E-state index contributed by atoms with van der Waals surface area (Å²) >= 11 is 1.33. The maximum atomic E-state index is 13.0. The minimum absolute atomic E-state index is 0.186. The molecule has 0 radical (unpaired) electrons. The second kappa shape index (κ2) is 9.85. The molecule has 3 heterocycles. The smallest absolute Gasteiger partial charge is 0.279 e. The van der Waals surface area contributed by atoms with E-state index in [1.165, 1.54) is 39.9 Å². The Kier molecular flexibility index (Phi) is 6.65. The van der Waals surface area contributed by atoms with Crippen LogP contribution in [0.15, 0.2) is 46.3 Å². The van der Waals surface area contributed by atoms with Gasteiger partial charge < -0.3 is 14.0 Å². The third-order valence-electron chi connectivity index (χ3n) is 6.10. The largest absolute Gasteiger partial charge is 0.486 e. The average Bonchev–Trinajstić information content (AvgIpc) is 3.03. The molecule has 0 unspecified atom stereocenters. The maximum absolute atomic E-state index is 13.0. The van der Waals surface area contributed by atoms with E-state index in [0.717, 1.165) is 35.9 Å². The van der Waals surface area contributed by atoms with E-state index in [1.807, 2.05) is 12.1 Å². The first-order valence-electron chi connectivity index (χ1n) is 11.5. The van der Waals surface area contributed by atoms with Crippen LogP contribution < -0.4 is 14.3 Å². The van der Waals surface area contributed by atoms with E-state index >= 15 is 0 Å². The Morgan fingerprint density at radius 3 is 2.34 bits per heavy atom. The summed E-state index contributed by atoms with van der Waals surface area (Å²) in [6.45, 7) is 2.24. The van der Waals surface area contributed by atoms with Crippen molar-refractivity contribution in [3.63, 3.8) is 0 Å². The van der Waals surface area contributed by atoms with Gasteiger partial charge in [-0.3, -0.25) is 4.79 Å². The molecule has 2 aliphatic heterocycles. The van der Waals surface area contributed by atoms with E-state index in [-0.39, 0.29) is 11.4 Å². The molecule has 182 valence electrons. The molecule has 2 aliphatic rings. The number of aromatic nitrogens is 1. The van der Waals surface area contributed by atoms with Crippen molar-refractivity contribution in [2.75, 3.05) is 26.3 Å². The Balaban J connectivity index is 1.46. The van der Waals surface area contributed by atoms with Crippen LogP contribution in [0.3, 0.4) is 0 Å². The number of rotatable bonds is 4. The Morgan fingerprint density at radius 2 is 1.69 bits per heavy atom. The molecule has 0 bridgehead atoms. The topological polar surface area (TPSA) is 90.2 Å². The molecule has 1 fully saturated rings. The van der Waals surface area contributed by atoms with Gasteiger partial charge in [-0.25, -0.2) is 8.42 Å². The van der Waals surface area contributed by atoms with Crippen molar-refractivity contribution < 1.29 is 22.7 Å². The third kappa shape index (κ3) is 4.72. The number of sulfonamides is 1. The van der Waals surface area contributed by atoms with Crippen molar-refractivity contribution in [3.8, 4) is 23.8 Å². The van der Waals surface area contributed by atoms with Gasteiger partial charge >= 0.3 is 0 Å². The number of carbonyl (C=O) groups excluding carboxylic acids is 1. The lowest BCUT2D eigenvalue weighted by Gasteiger charge is -2.19. The number of hydrogen-bond donors (Lipinski definition) is 0. The molecule has 0 N–H and O–H groups in total. The van der Waals surface area contributed by atoms with E-state index in [9.17, 15) is 13.2 Å². The highest BCUT2D eigenvalue weighted by atomic mass is 32.2. The van der Waals surface area contributed by atoms with Crippen molar-refractivity contribution in [3.05, 3.63) is 46.8 Å². The summed E-state index contributed by atoms with van der Waals surface area (Å²) in [5, 5.41) is 0. The zero-order valence-corrected chi connectivity index (χ0v) is 20.7. The molecular weight excluding hydrogens is 486 g/mol. The molecule has 1 amide bonds. The number of thiazole rings is 1. The highest BCUT2D eigenvalue weighted by Crippen LogP contribution is 2.35. The summed E-state index contributed by atoms with van der Waals surface area (Å²) in [4.78, 5) is 17.9. The van der Waals surface area contributed by atoms with Crippen LogP contribution in [0.25, 0.3) is 10.2 Å². The summed E-state index contributed by atoms with van der Waals surface area (Å²) in [5.74, 6) is 3.42. The predicted molar refractivity (Wildman–Crippen MR) is 133 cm³/mol. The highest BCUT2D eigenvalue weighted by molar-refractivity contribution is 7.89. The summed E-state index contributed by atoms with van der Waals surface area (Å²) in [7, 11) is -3.58. The summed E-state index contributed by atoms with van der Waals surface area (Å²) in [5.41, 5.74) is 1.11. The monoisotopic (exact) mass is 511 g/mol. The van der Waals surface area contributed by atoms with Crippen molar-refractivity contribution in [1.29, 1.82) is 0 Å². The molecule has 10 heteroatoms. The Labute approximate surface area is 207 Å². The van der Waals surface area contributed by atoms with Crippen molar-refractivity contribution >= 4 is 37.5 Å². The molecule has 0 aliphatic carbocycles. The van der Waals surface area contributed by atoms with Gasteiger partial charge in [0.15, 0.2) is 16.3 Å². The molecule has 0 saturated carbocycles. The average molecular weight is 512 g/mol. The lowest BCUT2D eigenvalue weighted by atomic mass is 10.2. The van der Waals surface area contributed by atoms with E-state index in [0.29, 0.717) is 48.2 Å². The normalized spacial score (nSPS) is 17.2. The maximum Gasteiger partial charge on any atom is 0.279 e. The number of nitrogens with zero attached hydrogens (tertiary/aromatic N) is 3. The van der Waals surface area contributed by atoms with Crippen LogP contribution in [0.1, 0.15) is 36.0 Å². The first-order valence-corrected chi connectivity index (χ1v) is 13.8. The molecule has 2 aromatic carbocycles. The van der Waals surface area contributed by atoms with Gasteiger partial charge in [-0.15, -0.1) is 6.42 Å². The van der Waals surface area contributed by atoms with Gasteiger partial charge in [0.1, 0.15) is 13.2 Å². The number of terminal acetylenes is 1. The van der Waals surface area contributed by atoms with Crippen LogP contribution in [-0.4, -0.2) is 49.5 Å². The Bertz CT molecular complexity index is 1470. The standard InChI is InChI=1S/C25H25N3O5S2/c1-2-11-28-20-16-21-22(33-15-14-32-21)17-23(20)34-25(28)26-24(29)18-7-9-19(10-8-18)35(30,31)27-12-5-3-4-6-13-27/h1,7-10,16-17H,3-6,11-15H2. The van der Waals surface area contributed by atoms with E-state index in [2.05, 4.69) is 10.9 Å². The number of ether oxygens (including phenoxy) is 2. The lowest BCUT2D eigenvalue weighted by molar-refractivity contribution is 0.0998. The van der Waals surface area contributed by atoms with Crippen LogP contribution in [0.2, 0.25) is 0 Å². The second-order valence-corrected chi connectivity index (χ2v) is 11.3. The first kappa shape index (κ1) is 23.6. The van der Waals surface area contributed by atoms with Gasteiger partial charge in [0.2, 0.25) is 10.0 Å². The summed E-state index contributed by atoms with van der Waals surface area (Å²) in [6.07, 6.45) is 9.39. The third-order valence-corrected chi connectivity index (χ3v) is 9.05. The minimum Gasteiger partial charge on any atom is -0.486 e. The van der Waals surface area contributed by atoms with Gasteiger partial charge in [-0.1, -0.05) is 30.1 Å².